The Hall–Kier alpha value is -1.94. The van der Waals surface area contributed by atoms with E-state index in [2.05, 4.69) is 0 Å². The molecule has 120 valence electrons. The molecule has 0 radical (unpaired) electrons. The molecule has 23 heavy (non-hydrogen) atoms. The molecule has 2 aromatic carbocycles. The van der Waals surface area contributed by atoms with Gasteiger partial charge in [0, 0.05) is 6.42 Å². The summed E-state index contributed by atoms with van der Waals surface area (Å²) in [7, 11) is -3.63. The first-order valence-electron chi connectivity index (χ1n) is 7.94. The molecule has 0 bridgehead atoms. The molecule has 0 saturated heterocycles. The largest absolute Gasteiger partial charge is 0.298 e. The van der Waals surface area contributed by atoms with Crippen LogP contribution in [0.4, 0.5) is 0 Å². The molecule has 1 aliphatic rings. The third-order valence-corrected chi connectivity index (χ3v) is 6.74. The molecule has 3 nitrogen and oxygen atoms in total. The van der Waals surface area contributed by atoms with E-state index in [1.54, 1.807) is 30.3 Å². The lowest BCUT2D eigenvalue weighted by Crippen LogP contribution is -2.41. The molecule has 3 rings (SSSR count). The molecule has 0 heterocycles. The van der Waals surface area contributed by atoms with Crippen LogP contribution >= 0.6 is 0 Å². The van der Waals surface area contributed by atoms with Crippen molar-refractivity contribution >= 4 is 15.6 Å². The van der Waals surface area contributed by atoms with Crippen LogP contribution in [-0.4, -0.2) is 19.5 Å². The van der Waals surface area contributed by atoms with Crippen LogP contribution in [0.1, 0.15) is 24.8 Å². The van der Waals surface area contributed by atoms with Gasteiger partial charge in [-0.3, -0.25) is 4.79 Å². The van der Waals surface area contributed by atoms with Gasteiger partial charge in [-0.25, -0.2) is 8.42 Å². The van der Waals surface area contributed by atoms with Crippen LogP contribution < -0.4 is 0 Å². The highest BCUT2D eigenvalue weighted by Crippen LogP contribution is 2.33. The molecule has 1 fully saturated rings. The monoisotopic (exact) mass is 328 g/mol. The van der Waals surface area contributed by atoms with E-state index >= 15 is 0 Å². The molecule has 1 aliphatic carbocycles. The van der Waals surface area contributed by atoms with E-state index < -0.39 is 15.1 Å². The minimum Gasteiger partial charge on any atom is -0.298 e. The molecule has 2 atom stereocenters. The highest BCUT2D eigenvalue weighted by atomic mass is 32.2. The summed E-state index contributed by atoms with van der Waals surface area (Å²) in [6.45, 7) is 0. The Morgan fingerprint density at radius 2 is 1.52 bits per heavy atom. The lowest BCUT2D eigenvalue weighted by Gasteiger charge is -2.30. The summed E-state index contributed by atoms with van der Waals surface area (Å²) in [5.74, 6) is -0.287. The highest BCUT2D eigenvalue weighted by molar-refractivity contribution is 7.92. The molecule has 0 aromatic heterocycles. The van der Waals surface area contributed by atoms with Gasteiger partial charge < -0.3 is 0 Å². The van der Waals surface area contributed by atoms with Gasteiger partial charge in [-0.05, 0) is 42.9 Å². The Bertz CT molecular complexity index is 767. The summed E-state index contributed by atoms with van der Waals surface area (Å²) in [4.78, 5) is 12.7. The second-order valence-electron chi connectivity index (χ2n) is 6.09. The van der Waals surface area contributed by atoms with Gasteiger partial charge in [-0.2, -0.15) is 0 Å². The molecular weight excluding hydrogens is 308 g/mol. The first-order valence-corrected chi connectivity index (χ1v) is 9.49. The van der Waals surface area contributed by atoms with Crippen molar-refractivity contribution in [1.82, 2.24) is 0 Å². The first kappa shape index (κ1) is 15.9. The zero-order valence-corrected chi connectivity index (χ0v) is 13.7. The fourth-order valence-electron chi connectivity index (χ4n) is 3.40. The van der Waals surface area contributed by atoms with Crippen molar-refractivity contribution in [3.05, 3.63) is 66.2 Å². The van der Waals surface area contributed by atoms with Gasteiger partial charge in [0.15, 0.2) is 15.6 Å². The second-order valence-corrected chi connectivity index (χ2v) is 8.16. The number of Topliss-reactive ketones (excluding diaryl/α,β-unsaturated/α-hetero) is 1. The van der Waals surface area contributed by atoms with Gasteiger partial charge in [-0.15, -0.1) is 0 Å². The van der Waals surface area contributed by atoms with Gasteiger partial charge in [-0.1, -0.05) is 48.5 Å². The molecule has 0 unspecified atom stereocenters. The Balaban J connectivity index is 1.94. The van der Waals surface area contributed by atoms with E-state index in [9.17, 15) is 13.2 Å². The van der Waals surface area contributed by atoms with Gasteiger partial charge in [0.05, 0.1) is 4.90 Å². The van der Waals surface area contributed by atoms with Crippen molar-refractivity contribution in [1.29, 1.82) is 0 Å². The maximum atomic E-state index is 13.0. The first-order chi connectivity index (χ1) is 11.1. The van der Waals surface area contributed by atoms with Crippen molar-refractivity contribution in [2.24, 2.45) is 5.92 Å². The smallest absolute Gasteiger partial charge is 0.188 e. The molecule has 0 aliphatic heterocycles. The molecular formula is C19H20O3S. The standard InChI is InChI=1S/C19H20O3S/c20-18-13-7-10-16(14-15-8-3-1-4-9-15)19(18)23(21,22)17-11-5-2-6-12-17/h1-6,8-9,11-12,16,19H,7,10,13-14H2/t16-,19-/m1/s1. The number of hydrogen-bond donors (Lipinski definition) is 0. The van der Waals surface area contributed by atoms with Gasteiger partial charge in [0.1, 0.15) is 5.25 Å². The van der Waals surface area contributed by atoms with Crippen LogP contribution in [-0.2, 0) is 21.1 Å². The normalized spacial score (nSPS) is 22.0. The number of rotatable bonds is 4. The van der Waals surface area contributed by atoms with E-state index in [-0.39, 0.29) is 16.6 Å². The Morgan fingerprint density at radius 3 is 2.17 bits per heavy atom. The number of benzene rings is 2. The number of ketones is 1. The van der Waals surface area contributed by atoms with Crippen LogP contribution in [0.2, 0.25) is 0 Å². The lowest BCUT2D eigenvalue weighted by atomic mass is 9.83. The Morgan fingerprint density at radius 1 is 0.913 bits per heavy atom. The molecule has 1 saturated carbocycles. The summed E-state index contributed by atoms with van der Waals surface area (Å²) in [5, 5.41) is -0.918. The summed E-state index contributed by atoms with van der Waals surface area (Å²) in [6, 6.07) is 18.2. The number of carbonyl (C=O) groups is 1. The van der Waals surface area contributed by atoms with Crippen LogP contribution in [0.5, 0.6) is 0 Å². The van der Waals surface area contributed by atoms with Gasteiger partial charge in [0.2, 0.25) is 0 Å². The van der Waals surface area contributed by atoms with Gasteiger partial charge >= 0.3 is 0 Å². The quantitative estimate of drug-likeness (QED) is 0.864. The highest BCUT2D eigenvalue weighted by Gasteiger charge is 2.42. The number of sulfone groups is 1. The zero-order valence-electron chi connectivity index (χ0n) is 12.9. The third-order valence-electron chi connectivity index (χ3n) is 4.49. The topological polar surface area (TPSA) is 51.2 Å². The van der Waals surface area contributed by atoms with Crippen molar-refractivity contribution in [2.75, 3.05) is 0 Å². The predicted molar refractivity (Wildman–Crippen MR) is 89.9 cm³/mol. The van der Waals surface area contributed by atoms with E-state index in [1.165, 1.54) is 0 Å². The fraction of sp³-hybridized carbons (Fsp3) is 0.316. The number of hydrogen-bond acceptors (Lipinski definition) is 3. The lowest BCUT2D eigenvalue weighted by molar-refractivity contribution is -0.121. The molecule has 0 spiro atoms. The molecule has 2 aromatic rings. The van der Waals surface area contributed by atoms with Crippen molar-refractivity contribution in [2.45, 2.75) is 35.8 Å². The minimum atomic E-state index is -3.63. The number of carbonyl (C=O) groups excluding carboxylic acids is 1. The minimum absolute atomic E-state index is 0.138. The van der Waals surface area contributed by atoms with Gasteiger partial charge in [0.25, 0.3) is 0 Å². The predicted octanol–water partition coefficient (Wildman–Crippen LogP) is 3.44. The van der Waals surface area contributed by atoms with Crippen LogP contribution in [0, 0.1) is 5.92 Å². The average molecular weight is 328 g/mol. The third kappa shape index (κ3) is 3.37. The Labute approximate surface area is 137 Å². The molecule has 0 N–H and O–H groups in total. The zero-order chi connectivity index (χ0) is 16.3. The SMILES string of the molecule is O=C1CCC[C@H](Cc2ccccc2)[C@H]1S(=O)(=O)c1ccccc1. The average Bonchev–Trinajstić information content (AvgIpc) is 2.56. The van der Waals surface area contributed by atoms with E-state index in [4.69, 9.17) is 0 Å². The van der Waals surface area contributed by atoms with Crippen molar-refractivity contribution < 1.29 is 13.2 Å². The maximum absolute atomic E-state index is 13.0. The summed E-state index contributed by atoms with van der Waals surface area (Å²) in [5.41, 5.74) is 1.08. The van der Waals surface area contributed by atoms with Crippen LogP contribution in [0.15, 0.2) is 65.6 Å². The van der Waals surface area contributed by atoms with E-state index in [0.717, 1.165) is 18.4 Å². The molecule has 0 amide bonds. The molecule has 4 heteroatoms. The summed E-state index contributed by atoms with van der Waals surface area (Å²) >= 11 is 0. The fourth-order valence-corrected chi connectivity index (χ4v) is 5.44. The second kappa shape index (κ2) is 6.67. The summed E-state index contributed by atoms with van der Waals surface area (Å²) in [6.07, 6.45) is 2.54. The summed E-state index contributed by atoms with van der Waals surface area (Å²) < 4.78 is 26.0. The van der Waals surface area contributed by atoms with Crippen LogP contribution in [0.25, 0.3) is 0 Å². The van der Waals surface area contributed by atoms with Crippen molar-refractivity contribution in [3.63, 3.8) is 0 Å². The van der Waals surface area contributed by atoms with E-state index in [0.29, 0.717) is 12.8 Å². The van der Waals surface area contributed by atoms with Crippen molar-refractivity contribution in [3.8, 4) is 0 Å². The van der Waals surface area contributed by atoms with Crippen LogP contribution in [0.3, 0.4) is 0 Å². The Kier molecular flexibility index (Phi) is 4.62. The van der Waals surface area contributed by atoms with E-state index in [1.807, 2.05) is 30.3 Å². The maximum Gasteiger partial charge on any atom is 0.188 e.